The highest BCUT2D eigenvalue weighted by atomic mass is 19.4. The lowest BCUT2D eigenvalue weighted by Crippen LogP contribution is -2.15. The van der Waals surface area contributed by atoms with Crippen molar-refractivity contribution in [1.29, 1.82) is 0 Å². The molecule has 7 heteroatoms. The van der Waals surface area contributed by atoms with Crippen LogP contribution >= 0.6 is 0 Å². The number of aromatic nitrogens is 2. The maximum Gasteiger partial charge on any atom is 0.433 e. The minimum atomic E-state index is -4.46. The second-order valence-electron chi connectivity index (χ2n) is 5.24. The fraction of sp³-hybridized carbons (Fsp3) is 0.692. The van der Waals surface area contributed by atoms with Gasteiger partial charge in [0.1, 0.15) is 5.82 Å². The lowest BCUT2D eigenvalue weighted by atomic mass is 10.3. The fourth-order valence-corrected chi connectivity index (χ4v) is 1.92. The first-order valence-corrected chi connectivity index (χ1v) is 6.84. The Morgan fingerprint density at radius 2 is 2.00 bits per heavy atom. The molecule has 1 aromatic rings. The van der Waals surface area contributed by atoms with Crippen LogP contribution in [0.2, 0.25) is 0 Å². The lowest BCUT2D eigenvalue weighted by molar-refractivity contribution is -0.141. The molecule has 0 bridgehead atoms. The largest absolute Gasteiger partial charge is 0.433 e. The van der Waals surface area contributed by atoms with E-state index in [1.807, 2.05) is 6.92 Å². The van der Waals surface area contributed by atoms with Gasteiger partial charge in [0.15, 0.2) is 5.69 Å². The number of rotatable bonds is 6. The first kappa shape index (κ1) is 14.9. The molecule has 1 aliphatic carbocycles. The zero-order valence-electron chi connectivity index (χ0n) is 11.6. The molecule has 20 heavy (non-hydrogen) atoms. The predicted octanol–water partition coefficient (Wildman–Crippen LogP) is 3.39. The average Bonchev–Trinajstić information content (AvgIpc) is 3.09. The Kier molecular flexibility index (Phi) is 4.35. The summed E-state index contributed by atoms with van der Waals surface area (Å²) >= 11 is 0. The lowest BCUT2D eigenvalue weighted by Gasteiger charge is -2.12. The summed E-state index contributed by atoms with van der Waals surface area (Å²) in [5, 5.41) is 5.77. The van der Waals surface area contributed by atoms with E-state index < -0.39 is 11.9 Å². The third-order valence-corrected chi connectivity index (χ3v) is 3.37. The summed E-state index contributed by atoms with van der Waals surface area (Å²) in [4.78, 5) is 7.59. The predicted molar refractivity (Wildman–Crippen MR) is 71.6 cm³/mol. The van der Waals surface area contributed by atoms with Gasteiger partial charge in [0.2, 0.25) is 5.95 Å². The van der Waals surface area contributed by atoms with Gasteiger partial charge in [-0.2, -0.15) is 18.2 Å². The van der Waals surface area contributed by atoms with Crippen LogP contribution in [0.1, 0.15) is 32.4 Å². The van der Waals surface area contributed by atoms with Crippen LogP contribution in [0.15, 0.2) is 6.07 Å². The van der Waals surface area contributed by atoms with Crippen LogP contribution in [0.25, 0.3) is 0 Å². The van der Waals surface area contributed by atoms with Crippen LogP contribution in [0.3, 0.4) is 0 Å². The van der Waals surface area contributed by atoms with E-state index in [2.05, 4.69) is 27.5 Å². The SMILES string of the molecule is CCCNc1nc(NCC2CC2C)cc(C(F)(F)F)n1. The van der Waals surface area contributed by atoms with Crippen molar-refractivity contribution >= 4 is 11.8 Å². The molecule has 1 aliphatic rings. The van der Waals surface area contributed by atoms with Crippen LogP contribution in [-0.2, 0) is 6.18 Å². The van der Waals surface area contributed by atoms with Crippen molar-refractivity contribution in [3.05, 3.63) is 11.8 Å². The number of nitrogens with one attached hydrogen (secondary N) is 2. The molecule has 2 unspecified atom stereocenters. The maximum atomic E-state index is 12.8. The molecule has 0 aromatic carbocycles. The van der Waals surface area contributed by atoms with Gasteiger partial charge in [0.05, 0.1) is 0 Å². The summed E-state index contributed by atoms with van der Waals surface area (Å²) < 4.78 is 38.4. The monoisotopic (exact) mass is 288 g/mol. The van der Waals surface area contributed by atoms with Gasteiger partial charge < -0.3 is 10.6 Å². The quantitative estimate of drug-likeness (QED) is 0.842. The number of hydrogen-bond donors (Lipinski definition) is 2. The molecule has 1 aromatic heterocycles. The highest BCUT2D eigenvalue weighted by molar-refractivity contribution is 5.43. The molecule has 0 radical (unpaired) electrons. The molecule has 2 rings (SSSR count). The van der Waals surface area contributed by atoms with Crippen LogP contribution in [-0.4, -0.2) is 23.1 Å². The molecule has 0 amide bonds. The number of alkyl halides is 3. The highest BCUT2D eigenvalue weighted by Gasteiger charge is 2.35. The fourth-order valence-electron chi connectivity index (χ4n) is 1.92. The smallest absolute Gasteiger partial charge is 0.370 e. The number of halogens is 3. The Morgan fingerprint density at radius 1 is 1.30 bits per heavy atom. The van der Waals surface area contributed by atoms with Gasteiger partial charge in [-0.25, -0.2) is 4.98 Å². The third-order valence-electron chi connectivity index (χ3n) is 3.37. The van der Waals surface area contributed by atoms with Crippen molar-refractivity contribution in [2.75, 3.05) is 23.7 Å². The van der Waals surface area contributed by atoms with E-state index in [4.69, 9.17) is 0 Å². The van der Waals surface area contributed by atoms with Crippen molar-refractivity contribution in [3.8, 4) is 0 Å². The second kappa shape index (κ2) is 5.85. The summed E-state index contributed by atoms with van der Waals surface area (Å²) in [5.41, 5.74) is -0.919. The van der Waals surface area contributed by atoms with E-state index in [1.165, 1.54) is 0 Å². The second-order valence-corrected chi connectivity index (χ2v) is 5.24. The van der Waals surface area contributed by atoms with Gasteiger partial charge in [-0.15, -0.1) is 0 Å². The van der Waals surface area contributed by atoms with Crippen LogP contribution in [0.5, 0.6) is 0 Å². The summed E-state index contributed by atoms with van der Waals surface area (Å²) in [6.07, 6.45) is -2.55. The Hall–Kier alpha value is -1.53. The van der Waals surface area contributed by atoms with Gasteiger partial charge in [-0.3, -0.25) is 0 Å². The van der Waals surface area contributed by atoms with Crippen LogP contribution in [0, 0.1) is 11.8 Å². The first-order chi connectivity index (χ1) is 9.40. The molecular formula is C13H19F3N4. The maximum absolute atomic E-state index is 12.8. The Morgan fingerprint density at radius 3 is 2.55 bits per heavy atom. The minimum absolute atomic E-state index is 0.0213. The molecule has 0 spiro atoms. The topological polar surface area (TPSA) is 49.8 Å². The Labute approximate surface area is 116 Å². The van der Waals surface area contributed by atoms with E-state index in [-0.39, 0.29) is 11.8 Å². The number of anilines is 2. The highest BCUT2D eigenvalue weighted by Crippen LogP contribution is 2.37. The van der Waals surface area contributed by atoms with E-state index in [0.29, 0.717) is 24.9 Å². The molecule has 0 saturated heterocycles. The molecule has 2 N–H and O–H groups in total. The third kappa shape index (κ3) is 3.98. The molecule has 1 fully saturated rings. The van der Waals surface area contributed by atoms with E-state index in [1.54, 1.807) is 0 Å². The summed E-state index contributed by atoms with van der Waals surface area (Å²) in [5.74, 6) is 1.42. The van der Waals surface area contributed by atoms with Crippen LogP contribution < -0.4 is 10.6 Å². The summed E-state index contributed by atoms with van der Waals surface area (Å²) in [7, 11) is 0. The molecule has 4 nitrogen and oxygen atoms in total. The molecule has 1 heterocycles. The van der Waals surface area contributed by atoms with Crippen molar-refractivity contribution in [2.24, 2.45) is 11.8 Å². The molecule has 1 saturated carbocycles. The number of nitrogens with zero attached hydrogens (tertiary/aromatic N) is 2. The van der Waals surface area contributed by atoms with Gasteiger partial charge in [0.25, 0.3) is 0 Å². The Bertz CT molecular complexity index is 461. The van der Waals surface area contributed by atoms with E-state index >= 15 is 0 Å². The summed E-state index contributed by atoms with van der Waals surface area (Å²) in [6, 6.07) is 0.962. The summed E-state index contributed by atoms with van der Waals surface area (Å²) in [6.45, 7) is 5.25. The standard InChI is InChI=1S/C13H19F3N4/c1-3-4-17-12-19-10(13(14,15)16)6-11(20-12)18-7-9-5-8(9)2/h6,8-9H,3-5,7H2,1-2H3,(H2,17,18,19,20). The molecule has 2 atom stereocenters. The van der Waals surface area contributed by atoms with Crippen molar-refractivity contribution < 1.29 is 13.2 Å². The first-order valence-electron chi connectivity index (χ1n) is 6.84. The van der Waals surface area contributed by atoms with E-state index in [0.717, 1.165) is 18.9 Å². The van der Waals surface area contributed by atoms with Gasteiger partial charge >= 0.3 is 6.18 Å². The van der Waals surface area contributed by atoms with E-state index in [9.17, 15) is 13.2 Å². The van der Waals surface area contributed by atoms with Gasteiger partial charge in [-0.1, -0.05) is 13.8 Å². The van der Waals surface area contributed by atoms with Crippen molar-refractivity contribution in [2.45, 2.75) is 32.9 Å². The molecule has 112 valence electrons. The zero-order chi connectivity index (χ0) is 14.8. The average molecular weight is 288 g/mol. The Balaban J connectivity index is 2.11. The van der Waals surface area contributed by atoms with Gasteiger partial charge in [-0.05, 0) is 24.7 Å². The van der Waals surface area contributed by atoms with Crippen LogP contribution in [0.4, 0.5) is 24.9 Å². The van der Waals surface area contributed by atoms with Crippen molar-refractivity contribution in [3.63, 3.8) is 0 Å². The minimum Gasteiger partial charge on any atom is -0.370 e. The zero-order valence-corrected chi connectivity index (χ0v) is 11.6. The van der Waals surface area contributed by atoms with Crippen molar-refractivity contribution in [1.82, 2.24) is 9.97 Å². The molecule has 0 aliphatic heterocycles. The molecular weight excluding hydrogens is 269 g/mol. The number of hydrogen-bond acceptors (Lipinski definition) is 4. The normalized spacial score (nSPS) is 21.6. The van der Waals surface area contributed by atoms with Gasteiger partial charge in [0, 0.05) is 19.2 Å².